The zero-order valence-corrected chi connectivity index (χ0v) is 21.9. The van der Waals surface area contributed by atoms with Crippen molar-refractivity contribution in [3.63, 3.8) is 0 Å². The molecule has 8 heteroatoms. The minimum atomic E-state index is -0.351. The molecule has 3 aromatic carbocycles. The number of methoxy groups -OCH3 is 1. The molecule has 0 spiro atoms. The smallest absolute Gasteiger partial charge is 0.257 e. The number of carbonyl (C=O) groups is 1. The topological polar surface area (TPSA) is 107 Å². The zero-order valence-electron chi connectivity index (χ0n) is 21.9. The van der Waals surface area contributed by atoms with Gasteiger partial charge in [0.2, 0.25) is 0 Å². The lowest BCUT2D eigenvalue weighted by molar-refractivity contribution is 0.0953. The highest BCUT2D eigenvalue weighted by Gasteiger charge is 2.24. The summed E-state index contributed by atoms with van der Waals surface area (Å²) in [5, 5.41) is 7.56. The fraction of sp³-hybridized carbons (Fsp3) is 0.200. The Morgan fingerprint density at radius 3 is 2.29 bits per heavy atom. The third kappa shape index (κ3) is 4.93. The maximum Gasteiger partial charge on any atom is 0.257 e. The van der Waals surface area contributed by atoms with Gasteiger partial charge in [-0.2, -0.15) is 9.78 Å². The van der Waals surface area contributed by atoms with Crippen LogP contribution in [0.4, 0.5) is 5.82 Å². The number of carbonyl (C=O) groups excluding carboxylic acids is 1. The van der Waals surface area contributed by atoms with E-state index in [1.165, 1.54) is 10.2 Å². The van der Waals surface area contributed by atoms with E-state index in [-0.39, 0.29) is 22.7 Å². The van der Waals surface area contributed by atoms with Gasteiger partial charge in [0.25, 0.3) is 5.91 Å². The molecule has 0 aliphatic carbocycles. The summed E-state index contributed by atoms with van der Waals surface area (Å²) in [7, 11) is 1.61. The molecule has 5 aromatic rings. The fourth-order valence-electron chi connectivity index (χ4n) is 4.20. The maximum atomic E-state index is 13.4. The van der Waals surface area contributed by atoms with Gasteiger partial charge in [0.05, 0.1) is 24.4 Å². The number of nitrogens with zero attached hydrogens (tertiary/aromatic N) is 4. The van der Waals surface area contributed by atoms with Crippen molar-refractivity contribution in [2.45, 2.75) is 32.7 Å². The first-order valence-electron chi connectivity index (χ1n) is 12.4. The summed E-state index contributed by atoms with van der Waals surface area (Å²) in [6, 6.07) is 23.2. The summed E-state index contributed by atoms with van der Waals surface area (Å²) in [6.07, 6.45) is 1.71. The lowest BCUT2D eigenvalue weighted by Crippen LogP contribution is -2.23. The Hall–Kier alpha value is -4.72. The van der Waals surface area contributed by atoms with E-state index in [4.69, 9.17) is 20.4 Å². The highest BCUT2D eigenvalue weighted by Crippen LogP contribution is 2.28. The van der Waals surface area contributed by atoms with Crippen LogP contribution in [0.1, 0.15) is 47.8 Å². The number of amides is 1. The summed E-state index contributed by atoms with van der Waals surface area (Å²) in [5.41, 5.74) is 12.1. The number of nitrogens with one attached hydrogen (secondary N) is 1. The number of anilines is 1. The number of hydrogen-bond donors (Lipinski definition) is 2. The van der Waals surface area contributed by atoms with E-state index in [1.807, 2.05) is 60.7 Å². The molecule has 38 heavy (non-hydrogen) atoms. The Kier molecular flexibility index (Phi) is 6.55. The van der Waals surface area contributed by atoms with E-state index in [9.17, 15) is 4.79 Å². The normalized spacial score (nSPS) is 11.9. The molecule has 0 unspecified atom stereocenters. The molecule has 192 valence electrons. The van der Waals surface area contributed by atoms with Crippen LogP contribution in [0, 0.1) is 0 Å². The Bertz CT molecular complexity index is 1650. The van der Waals surface area contributed by atoms with Crippen LogP contribution in [0.25, 0.3) is 22.2 Å². The number of ether oxygens (including phenoxy) is 1. The molecule has 0 bridgehead atoms. The van der Waals surface area contributed by atoms with Crippen molar-refractivity contribution < 1.29 is 9.53 Å². The molecule has 2 heterocycles. The highest BCUT2D eigenvalue weighted by atomic mass is 16.5. The molecule has 0 saturated carbocycles. The minimum absolute atomic E-state index is 0.0570. The first-order valence-corrected chi connectivity index (χ1v) is 12.4. The van der Waals surface area contributed by atoms with Crippen LogP contribution in [0.3, 0.4) is 0 Å². The molecule has 1 amide bonds. The van der Waals surface area contributed by atoms with E-state index < -0.39 is 0 Å². The van der Waals surface area contributed by atoms with Gasteiger partial charge in [0, 0.05) is 6.54 Å². The third-order valence-electron chi connectivity index (χ3n) is 6.41. The van der Waals surface area contributed by atoms with Crippen LogP contribution >= 0.6 is 0 Å². The average molecular weight is 507 g/mol. The van der Waals surface area contributed by atoms with E-state index in [0.29, 0.717) is 28.7 Å². The van der Waals surface area contributed by atoms with E-state index in [1.54, 1.807) is 13.3 Å². The van der Waals surface area contributed by atoms with Crippen molar-refractivity contribution in [3.8, 4) is 5.75 Å². The van der Waals surface area contributed by atoms with Gasteiger partial charge >= 0.3 is 0 Å². The minimum Gasteiger partial charge on any atom is -0.497 e. The number of nitrogen functional groups attached to an aromatic ring is 1. The Labute approximate surface area is 221 Å². The molecule has 2 aromatic heterocycles. The summed E-state index contributed by atoms with van der Waals surface area (Å²) in [6.45, 7) is 6.84. The van der Waals surface area contributed by atoms with E-state index >= 15 is 0 Å². The average Bonchev–Trinajstić information content (AvgIpc) is 3.19. The van der Waals surface area contributed by atoms with Gasteiger partial charge in [-0.05, 0) is 46.4 Å². The van der Waals surface area contributed by atoms with Gasteiger partial charge in [-0.1, -0.05) is 69.3 Å². The van der Waals surface area contributed by atoms with Crippen LogP contribution in [0.15, 0.2) is 77.9 Å². The molecule has 0 fully saturated rings. The van der Waals surface area contributed by atoms with Gasteiger partial charge in [-0.15, -0.1) is 0 Å². The highest BCUT2D eigenvalue weighted by molar-refractivity contribution is 6.10. The number of hydrogen-bond acceptors (Lipinski definition) is 6. The number of nitrogens with two attached hydrogens (primary N) is 1. The molecular formula is C30H30N6O2. The van der Waals surface area contributed by atoms with Crippen molar-refractivity contribution >= 4 is 40.1 Å². The van der Waals surface area contributed by atoms with Gasteiger partial charge < -0.3 is 15.8 Å². The Morgan fingerprint density at radius 2 is 1.66 bits per heavy atom. The quantitative estimate of drug-likeness (QED) is 0.305. The van der Waals surface area contributed by atoms with Crippen LogP contribution in [-0.2, 0) is 12.0 Å². The maximum absolute atomic E-state index is 13.4. The van der Waals surface area contributed by atoms with E-state index in [0.717, 1.165) is 16.9 Å². The van der Waals surface area contributed by atoms with E-state index in [2.05, 4.69) is 43.3 Å². The second kappa shape index (κ2) is 9.97. The molecule has 0 saturated heterocycles. The second-order valence-corrected chi connectivity index (χ2v) is 10.1. The number of fused-ring (bicyclic) bond motifs is 2. The molecule has 8 nitrogen and oxygen atoms in total. The molecule has 0 radical (unpaired) electrons. The predicted octanol–water partition coefficient (Wildman–Crippen LogP) is 5.29. The van der Waals surface area contributed by atoms with Gasteiger partial charge in [-0.3, -0.25) is 4.79 Å². The molecule has 3 N–H and O–H groups in total. The van der Waals surface area contributed by atoms with Gasteiger partial charge in [-0.25, -0.2) is 9.97 Å². The monoisotopic (exact) mass is 506 g/mol. The lowest BCUT2D eigenvalue weighted by atomic mass is 9.87. The number of para-hydroxylation sites is 2. The first-order chi connectivity index (χ1) is 18.2. The zero-order chi connectivity index (χ0) is 26.9. The Balaban J connectivity index is 1.52. The van der Waals surface area contributed by atoms with Crippen LogP contribution < -0.4 is 15.8 Å². The van der Waals surface area contributed by atoms with Crippen molar-refractivity contribution in [2.24, 2.45) is 5.10 Å². The predicted molar refractivity (Wildman–Crippen MR) is 152 cm³/mol. The molecule has 5 rings (SSSR count). The van der Waals surface area contributed by atoms with Crippen LogP contribution in [0.2, 0.25) is 0 Å². The van der Waals surface area contributed by atoms with Crippen molar-refractivity contribution in [2.75, 3.05) is 12.8 Å². The van der Waals surface area contributed by atoms with Gasteiger partial charge in [0.1, 0.15) is 22.6 Å². The summed E-state index contributed by atoms with van der Waals surface area (Å²) in [4.78, 5) is 22.9. The molecule has 0 aliphatic heterocycles. The SMILES string of the molecule is COc1ccc(CNC(=O)c2c(N)n(/N=C/c3ccc(C(C)(C)C)cc3)c3nc4ccccc4nc23)cc1. The molecule has 0 atom stereocenters. The third-order valence-corrected chi connectivity index (χ3v) is 6.41. The summed E-state index contributed by atoms with van der Waals surface area (Å²) < 4.78 is 6.69. The summed E-state index contributed by atoms with van der Waals surface area (Å²) in [5.74, 6) is 0.571. The summed E-state index contributed by atoms with van der Waals surface area (Å²) >= 11 is 0. The van der Waals surface area contributed by atoms with Crippen molar-refractivity contribution in [1.29, 1.82) is 0 Å². The first kappa shape index (κ1) is 25.0. The second-order valence-electron chi connectivity index (χ2n) is 10.1. The standard InChI is InChI=1S/C30H30N6O2/c1-30(2,3)21-13-9-20(10-14-21)18-33-36-27(31)25(26-28(36)35-24-8-6-5-7-23(24)34-26)29(37)32-17-19-11-15-22(38-4)16-12-19/h5-16,18H,17,31H2,1-4H3,(H,32,37)/b33-18+. The molecule has 0 aliphatic rings. The van der Waals surface area contributed by atoms with Gasteiger partial charge in [0.15, 0.2) is 5.65 Å². The Morgan fingerprint density at radius 1 is 1.00 bits per heavy atom. The van der Waals surface area contributed by atoms with Crippen LogP contribution in [0.5, 0.6) is 5.75 Å². The number of rotatable bonds is 6. The fourth-order valence-corrected chi connectivity index (χ4v) is 4.20. The van der Waals surface area contributed by atoms with Crippen molar-refractivity contribution in [1.82, 2.24) is 20.0 Å². The largest absolute Gasteiger partial charge is 0.497 e. The van der Waals surface area contributed by atoms with Crippen LogP contribution in [-0.4, -0.2) is 33.9 Å². The number of aromatic nitrogens is 3. The molecular weight excluding hydrogens is 476 g/mol. The van der Waals surface area contributed by atoms with Crippen molar-refractivity contribution in [3.05, 3.63) is 95.1 Å². The number of benzene rings is 3. The lowest BCUT2D eigenvalue weighted by Gasteiger charge is -2.18.